The normalized spacial score (nSPS) is 23.1. The first-order chi connectivity index (χ1) is 13.0. The number of nitrogens with zero attached hydrogens (tertiary/aromatic N) is 2. The van der Waals surface area contributed by atoms with Crippen LogP contribution in [0.3, 0.4) is 0 Å². The molecule has 0 radical (unpaired) electrons. The Morgan fingerprint density at radius 3 is 2.48 bits per heavy atom. The molecule has 2 amide bonds. The largest absolute Gasteiger partial charge is 0.365 e. The van der Waals surface area contributed by atoms with Gasteiger partial charge in [-0.1, -0.05) is 19.8 Å². The summed E-state index contributed by atoms with van der Waals surface area (Å²) in [6.07, 6.45) is 11.6. The number of anilines is 1. The van der Waals surface area contributed by atoms with Gasteiger partial charge in [-0.15, -0.1) is 0 Å². The average molecular weight is 376 g/mol. The second-order valence-electron chi connectivity index (χ2n) is 7.89. The highest BCUT2D eigenvalue weighted by Crippen LogP contribution is 2.28. The summed E-state index contributed by atoms with van der Waals surface area (Å²) in [5.41, 5.74) is 6.71. The fraction of sp³-hybridized carbons (Fsp3) is 0.700. The summed E-state index contributed by atoms with van der Waals surface area (Å²) in [6.45, 7) is 1.87. The lowest BCUT2D eigenvalue weighted by molar-refractivity contribution is -0.121. The van der Waals surface area contributed by atoms with Gasteiger partial charge in [0, 0.05) is 26.1 Å². The number of amides is 2. The second-order valence-corrected chi connectivity index (χ2v) is 7.89. The van der Waals surface area contributed by atoms with Gasteiger partial charge in [-0.3, -0.25) is 9.59 Å². The summed E-state index contributed by atoms with van der Waals surface area (Å²) in [7, 11) is 0. The topological polar surface area (TPSA) is 110 Å². The van der Waals surface area contributed by atoms with Gasteiger partial charge in [-0.2, -0.15) is 0 Å². The highest BCUT2D eigenvalue weighted by Gasteiger charge is 2.25. The van der Waals surface area contributed by atoms with Crippen molar-refractivity contribution in [3.63, 3.8) is 0 Å². The molecule has 0 unspecified atom stereocenters. The zero-order valence-corrected chi connectivity index (χ0v) is 16.2. The molecule has 3 rings (SSSR count). The predicted molar refractivity (Wildman–Crippen MR) is 106 cm³/mol. The number of rotatable bonds is 7. The SMILES string of the molecule is CCC(=O)NC1CCC(Cc2nc(NC3CCCC3)ncc2C(N)=O)CC1.[HH]. The molecule has 1 aromatic rings. The molecule has 7 heteroatoms. The van der Waals surface area contributed by atoms with E-state index in [0.29, 0.717) is 29.9 Å². The van der Waals surface area contributed by atoms with Crippen LogP contribution in [0, 0.1) is 5.92 Å². The fourth-order valence-electron chi connectivity index (χ4n) is 4.21. The van der Waals surface area contributed by atoms with E-state index in [-0.39, 0.29) is 13.4 Å². The van der Waals surface area contributed by atoms with E-state index in [4.69, 9.17) is 5.73 Å². The van der Waals surface area contributed by atoms with Crippen LogP contribution in [0.2, 0.25) is 0 Å². The van der Waals surface area contributed by atoms with E-state index in [1.165, 1.54) is 12.8 Å². The van der Waals surface area contributed by atoms with Crippen LogP contribution in [-0.2, 0) is 11.2 Å². The van der Waals surface area contributed by atoms with Crippen molar-refractivity contribution in [2.45, 2.75) is 83.2 Å². The summed E-state index contributed by atoms with van der Waals surface area (Å²) >= 11 is 0. The van der Waals surface area contributed by atoms with E-state index in [0.717, 1.165) is 50.6 Å². The number of carbonyl (C=O) groups excluding carboxylic acids is 2. The lowest BCUT2D eigenvalue weighted by atomic mass is 9.82. The maximum atomic E-state index is 11.8. The van der Waals surface area contributed by atoms with Crippen LogP contribution in [0.25, 0.3) is 0 Å². The third-order valence-corrected chi connectivity index (χ3v) is 5.84. The Bertz CT molecular complexity index is 671. The molecule has 0 saturated heterocycles. The zero-order chi connectivity index (χ0) is 19.2. The zero-order valence-electron chi connectivity index (χ0n) is 16.2. The Morgan fingerprint density at radius 2 is 1.85 bits per heavy atom. The van der Waals surface area contributed by atoms with Crippen molar-refractivity contribution in [3.8, 4) is 0 Å². The summed E-state index contributed by atoms with van der Waals surface area (Å²) in [6, 6.07) is 0.698. The first-order valence-corrected chi connectivity index (χ1v) is 10.3. The van der Waals surface area contributed by atoms with E-state index in [9.17, 15) is 9.59 Å². The number of hydrogen-bond acceptors (Lipinski definition) is 5. The Hall–Kier alpha value is -2.18. The van der Waals surface area contributed by atoms with E-state index in [2.05, 4.69) is 20.6 Å². The molecule has 1 aromatic heterocycles. The highest BCUT2D eigenvalue weighted by atomic mass is 16.2. The Kier molecular flexibility index (Phi) is 6.63. The molecule has 0 spiro atoms. The smallest absolute Gasteiger partial charge is 0.252 e. The van der Waals surface area contributed by atoms with Gasteiger partial charge in [0.15, 0.2) is 0 Å². The third kappa shape index (κ3) is 5.40. The molecule has 27 heavy (non-hydrogen) atoms. The molecular formula is C20H33N5O2. The molecule has 2 saturated carbocycles. The molecule has 4 N–H and O–H groups in total. The lowest BCUT2D eigenvalue weighted by Gasteiger charge is -2.29. The summed E-state index contributed by atoms with van der Waals surface area (Å²) in [5.74, 6) is 0.701. The van der Waals surface area contributed by atoms with Crippen LogP contribution < -0.4 is 16.4 Å². The van der Waals surface area contributed by atoms with Crippen LogP contribution in [0.4, 0.5) is 5.95 Å². The number of nitrogens with one attached hydrogen (secondary N) is 2. The van der Waals surface area contributed by atoms with E-state index < -0.39 is 5.91 Å². The maximum absolute atomic E-state index is 11.8. The van der Waals surface area contributed by atoms with E-state index in [1.807, 2.05) is 6.92 Å². The summed E-state index contributed by atoms with van der Waals surface area (Å²) < 4.78 is 0. The molecule has 1 heterocycles. The molecule has 0 atom stereocenters. The van der Waals surface area contributed by atoms with Gasteiger partial charge in [0.1, 0.15) is 0 Å². The van der Waals surface area contributed by atoms with Crippen molar-refractivity contribution in [3.05, 3.63) is 17.5 Å². The fourth-order valence-corrected chi connectivity index (χ4v) is 4.21. The van der Waals surface area contributed by atoms with Gasteiger partial charge in [0.05, 0.1) is 11.3 Å². The average Bonchev–Trinajstić information content (AvgIpc) is 3.16. The monoisotopic (exact) mass is 375 g/mol. The van der Waals surface area contributed by atoms with Crippen molar-refractivity contribution < 1.29 is 11.0 Å². The van der Waals surface area contributed by atoms with Crippen LogP contribution >= 0.6 is 0 Å². The summed E-state index contributed by atoms with van der Waals surface area (Å²) in [4.78, 5) is 32.3. The van der Waals surface area contributed by atoms with Gasteiger partial charge >= 0.3 is 0 Å². The van der Waals surface area contributed by atoms with Gasteiger partial charge in [-0.05, 0) is 50.9 Å². The molecular weight excluding hydrogens is 342 g/mol. The Balaban J connectivity index is 0.00000280. The quantitative estimate of drug-likeness (QED) is 0.679. The number of hydrogen-bond donors (Lipinski definition) is 3. The Morgan fingerprint density at radius 1 is 1.15 bits per heavy atom. The van der Waals surface area contributed by atoms with Crippen LogP contribution in [0.1, 0.15) is 82.2 Å². The van der Waals surface area contributed by atoms with Crippen LogP contribution in [-0.4, -0.2) is 33.9 Å². The van der Waals surface area contributed by atoms with Gasteiger partial charge in [-0.25, -0.2) is 9.97 Å². The van der Waals surface area contributed by atoms with Crippen molar-refractivity contribution >= 4 is 17.8 Å². The molecule has 7 nitrogen and oxygen atoms in total. The van der Waals surface area contributed by atoms with Crippen molar-refractivity contribution in [1.82, 2.24) is 15.3 Å². The molecule has 0 aliphatic heterocycles. The number of aromatic nitrogens is 2. The number of nitrogens with two attached hydrogens (primary N) is 1. The molecule has 0 bridgehead atoms. The van der Waals surface area contributed by atoms with Crippen molar-refractivity contribution in [2.24, 2.45) is 11.7 Å². The van der Waals surface area contributed by atoms with Crippen LogP contribution in [0.15, 0.2) is 6.20 Å². The first-order valence-electron chi connectivity index (χ1n) is 10.3. The summed E-state index contributed by atoms with van der Waals surface area (Å²) in [5, 5.41) is 6.48. The molecule has 0 aromatic carbocycles. The maximum Gasteiger partial charge on any atom is 0.252 e. The van der Waals surface area contributed by atoms with Crippen LogP contribution in [0.5, 0.6) is 0 Å². The van der Waals surface area contributed by atoms with Gasteiger partial charge in [0.2, 0.25) is 11.9 Å². The third-order valence-electron chi connectivity index (χ3n) is 5.84. The minimum atomic E-state index is -0.471. The standard InChI is InChI=1S/C20H31N5O2.H2/c1-2-18(26)23-15-9-7-13(8-10-15)11-17-16(19(21)27)12-22-20(25-17)24-14-5-3-4-6-14;/h12-15H,2-11H2,1H3,(H2,21,27)(H,23,26)(H,22,24,25);1H. The minimum Gasteiger partial charge on any atom is -0.365 e. The van der Waals surface area contributed by atoms with Crippen molar-refractivity contribution in [2.75, 3.05) is 5.32 Å². The van der Waals surface area contributed by atoms with Gasteiger partial charge in [0.25, 0.3) is 5.91 Å². The van der Waals surface area contributed by atoms with E-state index >= 15 is 0 Å². The predicted octanol–water partition coefficient (Wildman–Crippen LogP) is 2.80. The lowest BCUT2D eigenvalue weighted by Crippen LogP contribution is -2.37. The second kappa shape index (κ2) is 9.15. The molecule has 2 aliphatic rings. The number of primary amides is 1. The number of carbonyl (C=O) groups is 2. The van der Waals surface area contributed by atoms with Crippen molar-refractivity contribution in [1.29, 1.82) is 0 Å². The highest BCUT2D eigenvalue weighted by molar-refractivity contribution is 5.93. The first kappa shape index (κ1) is 19.6. The minimum absolute atomic E-state index is 0. The molecule has 2 fully saturated rings. The Labute approximate surface area is 162 Å². The molecule has 2 aliphatic carbocycles. The van der Waals surface area contributed by atoms with E-state index in [1.54, 1.807) is 6.20 Å². The molecule has 150 valence electrons. The van der Waals surface area contributed by atoms with Gasteiger partial charge < -0.3 is 16.4 Å².